The van der Waals surface area contributed by atoms with Gasteiger partial charge in [-0.2, -0.15) is 0 Å². The van der Waals surface area contributed by atoms with Crippen LogP contribution in [0.15, 0.2) is 0 Å². The van der Waals surface area contributed by atoms with E-state index in [1.165, 1.54) is 32.1 Å². The number of aliphatic hydroxyl groups excluding tert-OH is 1. The normalized spacial score (nSPS) is 28.2. The van der Waals surface area contributed by atoms with Crippen LogP contribution in [-0.2, 0) is 4.74 Å². The van der Waals surface area contributed by atoms with Gasteiger partial charge < -0.3 is 15.2 Å². The van der Waals surface area contributed by atoms with Gasteiger partial charge >= 0.3 is 0 Å². The zero-order chi connectivity index (χ0) is 11.1. The first-order chi connectivity index (χ1) is 7.24. The second-order valence-corrected chi connectivity index (χ2v) is 4.63. The van der Waals surface area contributed by atoms with Crippen molar-refractivity contribution in [3.8, 4) is 0 Å². The van der Waals surface area contributed by atoms with Crippen molar-refractivity contribution in [1.82, 2.24) is 5.32 Å². The van der Waals surface area contributed by atoms with E-state index < -0.39 is 0 Å². The third kappa shape index (κ3) is 4.96. The summed E-state index contributed by atoms with van der Waals surface area (Å²) in [4.78, 5) is 0. The molecule has 0 radical (unpaired) electrons. The number of hydrogen-bond acceptors (Lipinski definition) is 3. The van der Waals surface area contributed by atoms with E-state index in [0.717, 1.165) is 0 Å². The van der Waals surface area contributed by atoms with E-state index >= 15 is 0 Å². The fourth-order valence-corrected chi connectivity index (χ4v) is 2.03. The van der Waals surface area contributed by atoms with E-state index in [1.54, 1.807) is 0 Å². The Kier molecular flexibility index (Phi) is 6.22. The van der Waals surface area contributed by atoms with Crippen LogP contribution in [0.25, 0.3) is 0 Å². The number of ether oxygens (including phenoxy) is 1. The summed E-state index contributed by atoms with van der Waals surface area (Å²) >= 11 is 0. The van der Waals surface area contributed by atoms with Crippen LogP contribution in [0.1, 0.15) is 46.0 Å². The Hall–Kier alpha value is -0.120. The first-order valence-electron chi connectivity index (χ1n) is 6.26. The van der Waals surface area contributed by atoms with Gasteiger partial charge in [0.25, 0.3) is 0 Å². The van der Waals surface area contributed by atoms with Gasteiger partial charge in [0.05, 0.1) is 25.4 Å². The Balaban J connectivity index is 2.04. The minimum atomic E-state index is -0.317. The molecule has 0 aliphatic carbocycles. The lowest BCUT2D eigenvalue weighted by Crippen LogP contribution is -2.43. The van der Waals surface area contributed by atoms with E-state index in [4.69, 9.17) is 4.74 Å². The largest absolute Gasteiger partial charge is 0.389 e. The van der Waals surface area contributed by atoms with Crippen LogP contribution < -0.4 is 5.32 Å². The quantitative estimate of drug-likeness (QED) is 0.635. The Morgan fingerprint density at radius 1 is 1.33 bits per heavy atom. The summed E-state index contributed by atoms with van der Waals surface area (Å²) in [5, 5.41) is 13.0. The number of nitrogens with one attached hydrogen (secondary N) is 1. The molecule has 3 heteroatoms. The highest BCUT2D eigenvalue weighted by Gasteiger charge is 2.26. The lowest BCUT2D eigenvalue weighted by Gasteiger charge is -2.20. The maximum absolute atomic E-state index is 9.56. The van der Waals surface area contributed by atoms with Crippen LogP contribution in [0.3, 0.4) is 0 Å². The first-order valence-corrected chi connectivity index (χ1v) is 6.26. The highest BCUT2D eigenvalue weighted by atomic mass is 16.5. The molecule has 0 saturated carbocycles. The average molecular weight is 215 g/mol. The van der Waals surface area contributed by atoms with Crippen molar-refractivity contribution < 1.29 is 9.84 Å². The third-order valence-corrected chi connectivity index (χ3v) is 3.04. The zero-order valence-corrected chi connectivity index (χ0v) is 10.0. The number of aliphatic hydroxyl groups is 1. The molecule has 1 heterocycles. The summed E-state index contributed by atoms with van der Waals surface area (Å²) in [6, 6.07) is 0.634. The zero-order valence-electron chi connectivity index (χ0n) is 10.0. The number of hydrogen-bond donors (Lipinski definition) is 2. The van der Waals surface area contributed by atoms with Crippen LogP contribution in [-0.4, -0.2) is 36.5 Å². The fraction of sp³-hybridized carbons (Fsp3) is 1.00. The lowest BCUT2D eigenvalue weighted by molar-refractivity contribution is 0.121. The molecule has 0 aromatic heterocycles. The van der Waals surface area contributed by atoms with Gasteiger partial charge in [-0.25, -0.2) is 0 Å². The topological polar surface area (TPSA) is 41.5 Å². The van der Waals surface area contributed by atoms with Crippen LogP contribution in [0.4, 0.5) is 0 Å². The molecule has 1 aliphatic heterocycles. The third-order valence-electron chi connectivity index (χ3n) is 3.04. The van der Waals surface area contributed by atoms with Gasteiger partial charge in [-0.15, -0.1) is 0 Å². The molecule has 1 aliphatic rings. The van der Waals surface area contributed by atoms with Crippen molar-refractivity contribution in [3.05, 3.63) is 0 Å². The van der Waals surface area contributed by atoms with E-state index in [0.29, 0.717) is 19.3 Å². The minimum absolute atomic E-state index is 0.145. The molecule has 0 aromatic carbocycles. The molecule has 90 valence electrons. The molecule has 1 fully saturated rings. The van der Waals surface area contributed by atoms with E-state index in [-0.39, 0.29) is 12.1 Å². The molecule has 2 N–H and O–H groups in total. The van der Waals surface area contributed by atoms with Crippen molar-refractivity contribution in [3.63, 3.8) is 0 Å². The molecular formula is C12H25NO2. The number of unbranched alkanes of at least 4 members (excludes halogenated alkanes) is 3. The summed E-state index contributed by atoms with van der Waals surface area (Å²) in [7, 11) is 0. The fourth-order valence-electron chi connectivity index (χ4n) is 2.03. The maximum Gasteiger partial charge on any atom is 0.0948 e. The first kappa shape index (κ1) is 12.9. The summed E-state index contributed by atoms with van der Waals surface area (Å²) in [5.74, 6) is 0. The van der Waals surface area contributed by atoms with Crippen molar-refractivity contribution in [2.24, 2.45) is 0 Å². The monoisotopic (exact) mass is 215 g/mol. The van der Waals surface area contributed by atoms with Gasteiger partial charge in [0.2, 0.25) is 0 Å². The van der Waals surface area contributed by atoms with Crippen molar-refractivity contribution >= 4 is 0 Å². The van der Waals surface area contributed by atoms with Crippen LogP contribution in [0.5, 0.6) is 0 Å². The van der Waals surface area contributed by atoms with Gasteiger partial charge in [-0.3, -0.25) is 0 Å². The average Bonchev–Trinajstić information content (AvgIpc) is 2.59. The van der Waals surface area contributed by atoms with Crippen molar-refractivity contribution in [2.75, 3.05) is 13.2 Å². The van der Waals surface area contributed by atoms with Gasteiger partial charge in [0.15, 0.2) is 0 Å². The van der Waals surface area contributed by atoms with Crippen molar-refractivity contribution in [2.45, 2.75) is 64.1 Å². The highest BCUT2D eigenvalue weighted by Crippen LogP contribution is 2.09. The Morgan fingerprint density at radius 2 is 2.13 bits per heavy atom. The molecule has 15 heavy (non-hydrogen) atoms. The van der Waals surface area contributed by atoms with Gasteiger partial charge in [0.1, 0.15) is 0 Å². The summed E-state index contributed by atoms with van der Waals surface area (Å²) in [5.41, 5.74) is 0. The summed E-state index contributed by atoms with van der Waals surface area (Å²) < 4.78 is 5.20. The van der Waals surface area contributed by atoms with E-state index in [2.05, 4.69) is 19.2 Å². The Morgan fingerprint density at radius 3 is 2.73 bits per heavy atom. The van der Waals surface area contributed by atoms with Gasteiger partial charge in [0, 0.05) is 6.04 Å². The smallest absolute Gasteiger partial charge is 0.0948 e. The second-order valence-electron chi connectivity index (χ2n) is 4.63. The summed E-state index contributed by atoms with van der Waals surface area (Å²) in [6.07, 6.45) is 6.11. The molecule has 0 amide bonds. The van der Waals surface area contributed by atoms with E-state index in [9.17, 15) is 5.11 Å². The predicted molar refractivity (Wildman–Crippen MR) is 62.0 cm³/mol. The highest BCUT2D eigenvalue weighted by molar-refractivity contribution is 4.82. The molecule has 1 rings (SSSR count). The van der Waals surface area contributed by atoms with Crippen molar-refractivity contribution in [1.29, 1.82) is 0 Å². The molecule has 0 aromatic rings. The predicted octanol–water partition coefficient (Wildman–Crippen LogP) is 1.69. The van der Waals surface area contributed by atoms with Crippen LogP contribution in [0.2, 0.25) is 0 Å². The molecule has 3 atom stereocenters. The molecule has 3 unspecified atom stereocenters. The molecule has 0 bridgehead atoms. The maximum atomic E-state index is 9.56. The molecule has 1 saturated heterocycles. The van der Waals surface area contributed by atoms with Crippen LogP contribution in [0, 0.1) is 0 Å². The SMILES string of the molecule is CCCCCCC(C)NC1COCC1O. The van der Waals surface area contributed by atoms with Gasteiger partial charge in [-0.1, -0.05) is 32.6 Å². The van der Waals surface area contributed by atoms with E-state index in [1.807, 2.05) is 0 Å². The molecule has 3 nitrogen and oxygen atoms in total. The number of rotatable bonds is 7. The van der Waals surface area contributed by atoms with Gasteiger partial charge in [-0.05, 0) is 13.3 Å². The standard InChI is InChI=1S/C12H25NO2/c1-3-4-5-6-7-10(2)13-11-8-15-9-12(11)14/h10-14H,3-9H2,1-2H3. The molecule has 0 spiro atoms. The van der Waals surface area contributed by atoms with Crippen LogP contribution >= 0.6 is 0 Å². The lowest BCUT2D eigenvalue weighted by atomic mass is 10.1. The minimum Gasteiger partial charge on any atom is -0.389 e. The second kappa shape index (κ2) is 7.20. The molecular weight excluding hydrogens is 190 g/mol. The Bertz CT molecular complexity index is 164. The Labute approximate surface area is 93.2 Å². The summed E-state index contributed by atoms with van der Waals surface area (Å²) in [6.45, 7) is 5.56.